The van der Waals surface area contributed by atoms with Crippen LogP contribution in [0.4, 0.5) is 0 Å². The molecule has 1 aliphatic rings. The number of fused-ring (bicyclic) bond motifs is 1. The van der Waals surface area contributed by atoms with Crippen molar-refractivity contribution in [2.75, 3.05) is 5.75 Å². The fourth-order valence-corrected chi connectivity index (χ4v) is 4.92. The normalized spacial score (nSPS) is 17.6. The first kappa shape index (κ1) is 13.8. The van der Waals surface area contributed by atoms with Gasteiger partial charge in [0.2, 0.25) is 0 Å². The molecule has 20 heavy (non-hydrogen) atoms. The Morgan fingerprint density at radius 3 is 3.05 bits per heavy atom. The fraction of sp³-hybridized carbons (Fsp3) is 0.429. The zero-order valence-electron chi connectivity index (χ0n) is 11.5. The number of nitrogens with one attached hydrogen (secondary N) is 1. The number of aromatic amines is 1. The van der Waals surface area contributed by atoms with E-state index in [-0.39, 0.29) is 11.7 Å². The van der Waals surface area contributed by atoms with Crippen molar-refractivity contribution < 1.29 is 0 Å². The van der Waals surface area contributed by atoms with E-state index in [0.29, 0.717) is 5.25 Å². The van der Waals surface area contributed by atoms with Gasteiger partial charge in [-0.3, -0.25) is 4.57 Å². The number of benzene rings is 1. The van der Waals surface area contributed by atoms with Crippen LogP contribution in [-0.2, 0) is 6.42 Å². The number of aromatic nitrogens is 3. The van der Waals surface area contributed by atoms with E-state index in [4.69, 9.17) is 0 Å². The van der Waals surface area contributed by atoms with Gasteiger partial charge in [0.15, 0.2) is 5.16 Å². The van der Waals surface area contributed by atoms with Crippen molar-refractivity contribution in [3.63, 3.8) is 0 Å². The molecule has 0 saturated carbocycles. The van der Waals surface area contributed by atoms with Gasteiger partial charge in [0.1, 0.15) is 0 Å². The average Bonchev–Trinajstić information content (AvgIpc) is 2.99. The summed E-state index contributed by atoms with van der Waals surface area (Å²) in [6, 6.07) is 8.71. The van der Waals surface area contributed by atoms with Crippen molar-refractivity contribution in [1.29, 1.82) is 0 Å². The molecule has 0 saturated heterocycles. The summed E-state index contributed by atoms with van der Waals surface area (Å²) in [6.07, 6.45) is 1.10. The Morgan fingerprint density at radius 2 is 2.30 bits per heavy atom. The molecule has 4 nitrogen and oxygen atoms in total. The lowest BCUT2D eigenvalue weighted by Crippen LogP contribution is -2.19. The van der Waals surface area contributed by atoms with Crippen molar-refractivity contribution in [1.82, 2.24) is 14.8 Å². The first-order valence-corrected chi connectivity index (χ1v) is 8.56. The second kappa shape index (κ2) is 5.69. The minimum absolute atomic E-state index is 0.120. The molecule has 1 aliphatic heterocycles. The van der Waals surface area contributed by atoms with E-state index in [9.17, 15) is 4.79 Å². The van der Waals surface area contributed by atoms with E-state index in [1.165, 1.54) is 10.5 Å². The Hall–Kier alpha value is -1.14. The third-order valence-corrected chi connectivity index (χ3v) is 5.95. The molecule has 1 aromatic carbocycles. The molecule has 106 valence electrons. The molecule has 1 aromatic heterocycles. The monoisotopic (exact) mass is 307 g/mol. The van der Waals surface area contributed by atoms with E-state index in [1.807, 2.05) is 25.6 Å². The number of H-pyrrole nitrogens is 1. The van der Waals surface area contributed by atoms with E-state index in [1.54, 1.807) is 16.3 Å². The number of hydrogen-bond donors (Lipinski definition) is 1. The van der Waals surface area contributed by atoms with Crippen molar-refractivity contribution in [2.45, 2.75) is 41.6 Å². The van der Waals surface area contributed by atoms with Gasteiger partial charge in [-0.05, 0) is 31.9 Å². The van der Waals surface area contributed by atoms with Gasteiger partial charge < -0.3 is 0 Å². The lowest BCUT2D eigenvalue weighted by molar-refractivity contribution is 0.534. The Kier molecular flexibility index (Phi) is 3.94. The largest absolute Gasteiger partial charge is 0.344 e. The lowest BCUT2D eigenvalue weighted by Gasteiger charge is -2.10. The summed E-state index contributed by atoms with van der Waals surface area (Å²) in [5.74, 6) is 0.969. The summed E-state index contributed by atoms with van der Waals surface area (Å²) in [6.45, 7) is 4.00. The molecule has 0 fully saturated rings. The van der Waals surface area contributed by atoms with Gasteiger partial charge in [-0.15, -0.1) is 16.9 Å². The molecular formula is C14H17N3OS2. The highest BCUT2D eigenvalue weighted by molar-refractivity contribution is 8.03. The van der Waals surface area contributed by atoms with Crippen LogP contribution in [0.1, 0.15) is 25.5 Å². The molecule has 0 bridgehead atoms. The molecule has 0 spiro atoms. The molecule has 1 atom stereocenters. The molecule has 0 amide bonds. The highest BCUT2D eigenvalue weighted by Crippen LogP contribution is 2.38. The molecule has 1 unspecified atom stereocenters. The maximum atomic E-state index is 11.7. The maximum Gasteiger partial charge on any atom is 0.344 e. The summed E-state index contributed by atoms with van der Waals surface area (Å²) in [5, 5.41) is 8.02. The fourth-order valence-electron chi connectivity index (χ4n) is 2.36. The number of thioether (sulfide) groups is 2. The SMILES string of the molecule is CC(C)n1c(SCC2Cc3ccccc3S2)n[nH]c1=O. The Bertz CT molecular complexity index is 637. The number of hydrogen-bond acceptors (Lipinski definition) is 4. The first-order chi connectivity index (χ1) is 9.65. The summed E-state index contributed by atoms with van der Waals surface area (Å²) in [7, 11) is 0. The van der Waals surface area contributed by atoms with Crippen LogP contribution in [0, 0.1) is 0 Å². The molecule has 3 rings (SSSR count). The summed E-state index contributed by atoms with van der Waals surface area (Å²) in [4.78, 5) is 13.1. The molecule has 0 aliphatic carbocycles. The summed E-state index contributed by atoms with van der Waals surface area (Å²) >= 11 is 3.59. The molecule has 2 aromatic rings. The van der Waals surface area contributed by atoms with E-state index >= 15 is 0 Å². The Morgan fingerprint density at radius 1 is 1.50 bits per heavy atom. The smallest absolute Gasteiger partial charge is 0.268 e. The van der Waals surface area contributed by atoms with E-state index < -0.39 is 0 Å². The van der Waals surface area contributed by atoms with Crippen LogP contribution in [0.25, 0.3) is 0 Å². The highest BCUT2D eigenvalue weighted by atomic mass is 32.2. The van der Waals surface area contributed by atoms with Gasteiger partial charge in [0.25, 0.3) is 0 Å². The summed E-state index contributed by atoms with van der Waals surface area (Å²) < 4.78 is 1.72. The second-order valence-electron chi connectivity index (χ2n) is 5.14. The minimum Gasteiger partial charge on any atom is -0.268 e. The quantitative estimate of drug-likeness (QED) is 0.882. The van der Waals surface area contributed by atoms with Crippen LogP contribution in [-0.4, -0.2) is 25.8 Å². The molecule has 6 heteroatoms. The molecule has 0 radical (unpaired) electrons. The van der Waals surface area contributed by atoms with Gasteiger partial charge in [-0.25, -0.2) is 9.89 Å². The van der Waals surface area contributed by atoms with Crippen LogP contribution in [0.2, 0.25) is 0 Å². The minimum atomic E-state index is -0.120. The van der Waals surface area contributed by atoms with Crippen molar-refractivity contribution in [2.24, 2.45) is 0 Å². The van der Waals surface area contributed by atoms with Gasteiger partial charge in [-0.2, -0.15) is 0 Å². The zero-order valence-corrected chi connectivity index (χ0v) is 13.1. The Balaban J connectivity index is 1.66. The van der Waals surface area contributed by atoms with E-state index in [2.05, 4.69) is 34.5 Å². The van der Waals surface area contributed by atoms with Gasteiger partial charge in [-0.1, -0.05) is 30.0 Å². The lowest BCUT2D eigenvalue weighted by atomic mass is 10.1. The Labute approximate surface area is 126 Å². The van der Waals surface area contributed by atoms with Crippen LogP contribution >= 0.6 is 23.5 Å². The second-order valence-corrected chi connectivity index (χ2v) is 7.47. The zero-order chi connectivity index (χ0) is 14.1. The molecule has 2 heterocycles. The molecular weight excluding hydrogens is 290 g/mol. The number of rotatable bonds is 4. The van der Waals surface area contributed by atoms with Crippen molar-refractivity contribution >= 4 is 23.5 Å². The average molecular weight is 307 g/mol. The van der Waals surface area contributed by atoms with Crippen LogP contribution in [0.5, 0.6) is 0 Å². The van der Waals surface area contributed by atoms with Crippen LogP contribution in [0.15, 0.2) is 39.1 Å². The summed E-state index contributed by atoms with van der Waals surface area (Å²) in [5.41, 5.74) is 1.32. The highest BCUT2D eigenvalue weighted by Gasteiger charge is 2.23. The van der Waals surface area contributed by atoms with Crippen LogP contribution in [0.3, 0.4) is 0 Å². The van der Waals surface area contributed by atoms with Gasteiger partial charge >= 0.3 is 5.69 Å². The predicted molar refractivity (Wildman–Crippen MR) is 83.7 cm³/mol. The van der Waals surface area contributed by atoms with Gasteiger partial charge in [0.05, 0.1) is 0 Å². The standard InChI is InChI=1S/C14H17N3OS2/c1-9(2)17-13(18)15-16-14(17)19-8-11-7-10-5-3-4-6-12(10)20-11/h3-6,9,11H,7-8H2,1-2H3,(H,15,18). The topological polar surface area (TPSA) is 50.7 Å². The first-order valence-electron chi connectivity index (χ1n) is 6.69. The molecule has 1 N–H and O–H groups in total. The van der Waals surface area contributed by atoms with Gasteiger partial charge in [0, 0.05) is 21.9 Å². The third-order valence-electron chi connectivity index (χ3n) is 3.30. The van der Waals surface area contributed by atoms with Crippen molar-refractivity contribution in [3.05, 3.63) is 40.3 Å². The van der Waals surface area contributed by atoms with Crippen molar-refractivity contribution in [3.8, 4) is 0 Å². The van der Waals surface area contributed by atoms with Crippen LogP contribution < -0.4 is 5.69 Å². The predicted octanol–water partition coefficient (Wildman–Crippen LogP) is 2.96. The van der Waals surface area contributed by atoms with E-state index in [0.717, 1.165) is 17.3 Å². The third kappa shape index (κ3) is 2.67. The maximum absolute atomic E-state index is 11.7. The number of nitrogens with zero attached hydrogens (tertiary/aromatic N) is 2.